The molecule has 1 aliphatic heterocycles. The lowest BCUT2D eigenvalue weighted by atomic mass is 10.0. The number of likely N-dealkylation sites (N-methyl/N-ethyl adjacent to an activating group) is 1. The van der Waals surface area contributed by atoms with E-state index in [0.717, 1.165) is 9.99 Å². The number of nitrogens with zero attached hydrogens (tertiary/aromatic N) is 3. The molecule has 6 nitrogen and oxygen atoms in total. The Kier molecular flexibility index (Phi) is 3.68. The fourth-order valence-corrected chi connectivity index (χ4v) is 3.38. The molecule has 1 aromatic carbocycles. The second kappa shape index (κ2) is 5.39. The average Bonchev–Trinajstić information content (AvgIpc) is 2.72. The molecule has 0 bridgehead atoms. The molecule has 0 N–H and O–H groups in total. The summed E-state index contributed by atoms with van der Waals surface area (Å²) in [5, 5.41) is 0. The Morgan fingerprint density at radius 3 is 2.64 bits per heavy atom. The van der Waals surface area contributed by atoms with Crippen molar-refractivity contribution in [1.82, 2.24) is 14.0 Å². The molecule has 0 radical (unpaired) electrons. The summed E-state index contributed by atoms with van der Waals surface area (Å²) in [4.78, 5) is 38.2. The second-order valence-corrected chi connectivity index (χ2v) is 6.29. The number of imidazole rings is 1. The molecule has 0 saturated carbocycles. The molecule has 2 aromatic rings. The highest BCUT2D eigenvalue weighted by molar-refractivity contribution is 9.10. The van der Waals surface area contributed by atoms with Crippen molar-refractivity contribution in [1.29, 1.82) is 0 Å². The summed E-state index contributed by atoms with van der Waals surface area (Å²) in [6.07, 6.45) is 0.646. The van der Waals surface area contributed by atoms with Gasteiger partial charge in [-0.25, -0.2) is 4.79 Å². The van der Waals surface area contributed by atoms with E-state index in [-0.39, 0.29) is 23.9 Å². The zero-order valence-electron chi connectivity index (χ0n) is 12.4. The van der Waals surface area contributed by atoms with Gasteiger partial charge in [-0.15, -0.1) is 0 Å². The molecule has 0 aliphatic carbocycles. The van der Waals surface area contributed by atoms with Crippen molar-refractivity contribution in [3.63, 3.8) is 0 Å². The second-order valence-electron chi connectivity index (χ2n) is 5.38. The number of imide groups is 1. The Morgan fingerprint density at radius 2 is 1.95 bits per heavy atom. The third kappa shape index (κ3) is 2.11. The van der Waals surface area contributed by atoms with Crippen LogP contribution >= 0.6 is 15.9 Å². The first-order valence-corrected chi connectivity index (χ1v) is 7.95. The Labute approximate surface area is 135 Å². The van der Waals surface area contributed by atoms with Crippen LogP contribution in [0.1, 0.15) is 25.8 Å². The number of aryl methyl sites for hydroxylation is 1. The number of likely N-dealkylation sites (tertiary alicyclic amines) is 1. The average molecular weight is 366 g/mol. The number of rotatable bonds is 2. The number of amides is 2. The first-order chi connectivity index (χ1) is 10.5. The predicted molar refractivity (Wildman–Crippen MR) is 85.5 cm³/mol. The van der Waals surface area contributed by atoms with Crippen LogP contribution in [-0.4, -0.2) is 32.4 Å². The standard InChI is InChI=1S/C15H16BrN3O3/c1-3-18-13(20)7-6-11(14(18)21)19-10-5-4-9(16)8-12(10)17(2)15(19)22/h4-5,8,11H,3,6-7H2,1-2H3. The normalized spacial score (nSPS) is 19.2. The molecule has 1 aromatic heterocycles. The topological polar surface area (TPSA) is 64.3 Å². The SMILES string of the molecule is CCN1C(=O)CCC(n2c(=O)n(C)c3cc(Br)ccc32)C1=O. The number of carbonyl (C=O) groups is 2. The molecule has 2 amide bonds. The quantitative estimate of drug-likeness (QED) is 0.762. The zero-order valence-corrected chi connectivity index (χ0v) is 14.0. The third-order valence-electron chi connectivity index (χ3n) is 4.16. The minimum Gasteiger partial charge on any atom is -0.295 e. The number of aromatic nitrogens is 2. The Hall–Kier alpha value is -1.89. The molecule has 7 heteroatoms. The molecule has 116 valence electrons. The molecule has 22 heavy (non-hydrogen) atoms. The fraction of sp³-hybridized carbons (Fsp3) is 0.400. The van der Waals surface area contributed by atoms with E-state index >= 15 is 0 Å². The molecule has 1 fully saturated rings. The van der Waals surface area contributed by atoms with E-state index in [9.17, 15) is 14.4 Å². The monoisotopic (exact) mass is 365 g/mol. The summed E-state index contributed by atoms with van der Waals surface area (Å²) in [6, 6.07) is 4.90. The van der Waals surface area contributed by atoms with Crippen LogP contribution in [0.2, 0.25) is 0 Å². The summed E-state index contributed by atoms with van der Waals surface area (Å²) >= 11 is 3.39. The zero-order chi connectivity index (χ0) is 16.0. The molecule has 1 saturated heterocycles. The van der Waals surface area contributed by atoms with E-state index in [1.165, 1.54) is 14.0 Å². The van der Waals surface area contributed by atoms with Crippen LogP contribution in [0.25, 0.3) is 11.0 Å². The van der Waals surface area contributed by atoms with Gasteiger partial charge in [0, 0.05) is 24.5 Å². The van der Waals surface area contributed by atoms with Gasteiger partial charge in [0.1, 0.15) is 6.04 Å². The molecule has 2 heterocycles. The van der Waals surface area contributed by atoms with Gasteiger partial charge in [-0.05, 0) is 31.5 Å². The third-order valence-corrected chi connectivity index (χ3v) is 4.66. The Balaban J connectivity index is 2.18. The van der Waals surface area contributed by atoms with Gasteiger partial charge in [0.05, 0.1) is 11.0 Å². The van der Waals surface area contributed by atoms with Gasteiger partial charge in [-0.3, -0.25) is 23.6 Å². The molecule has 1 atom stereocenters. The van der Waals surface area contributed by atoms with Gasteiger partial charge in [-0.1, -0.05) is 15.9 Å². The Bertz CT molecular complexity index is 836. The maximum Gasteiger partial charge on any atom is 0.329 e. The van der Waals surface area contributed by atoms with Crippen LogP contribution in [0.3, 0.4) is 0 Å². The van der Waals surface area contributed by atoms with Crippen LogP contribution in [0.5, 0.6) is 0 Å². The summed E-state index contributed by atoms with van der Waals surface area (Å²) in [7, 11) is 1.68. The number of hydrogen-bond acceptors (Lipinski definition) is 3. The van der Waals surface area contributed by atoms with Crippen LogP contribution in [0.15, 0.2) is 27.5 Å². The number of halogens is 1. The maximum absolute atomic E-state index is 12.6. The minimum atomic E-state index is -0.616. The van der Waals surface area contributed by atoms with Gasteiger partial charge >= 0.3 is 5.69 Å². The largest absolute Gasteiger partial charge is 0.329 e. The van der Waals surface area contributed by atoms with Gasteiger partial charge in [0.25, 0.3) is 5.91 Å². The lowest BCUT2D eigenvalue weighted by Crippen LogP contribution is -2.47. The van der Waals surface area contributed by atoms with Crippen molar-refractivity contribution in [2.45, 2.75) is 25.8 Å². The van der Waals surface area contributed by atoms with E-state index in [0.29, 0.717) is 18.5 Å². The minimum absolute atomic E-state index is 0.167. The van der Waals surface area contributed by atoms with Crippen molar-refractivity contribution in [2.24, 2.45) is 7.05 Å². The van der Waals surface area contributed by atoms with Gasteiger partial charge < -0.3 is 0 Å². The van der Waals surface area contributed by atoms with E-state index in [4.69, 9.17) is 0 Å². The summed E-state index contributed by atoms with van der Waals surface area (Å²) < 4.78 is 3.91. The van der Waals surface area contributed by atoms with Crippen molar-refractivity contribution in [3.05, 3.63) is 33.2 Å². The highest BCUT2D eigenvalue weighted by atomic mass is 79.9. The van der Waals surface area contributed by atoms with Crippen molar-refractivity contribution < 1.29 is 9.59 Å². The smallest absolute Gasteiger partial charge is 0.295 e. The fourth-order valence-electron chi connectivity index (χ4n) is 3.03. The molecular weight excluding hydrogens is 350 g/mol. The van der Waals surface area contributed by atoms with Crippen LogP contribution in [0.4, 0.5) is 0 Å². The highest BCUT2D eigenvalue weighted by Crippen LogP contribution is 2.27. The van der Waals surface area contributed by atoms with Gasteiger partial charge in [0.2, 0.25) is 5.91 Å². The van der Waals surface area contributed by atoms with Gasteiger partial charge in [0.15, 0.2) is 0 Å². The number of hydrogen-bond donors (Lipinski definition) is 0. The lowest BCUT2D eigenvalue weighted by molar-refractivity contribution is -0.150. The van der Waals surface area contributed by atoms with Crippen LogP contribution in [-0.2, 0) is 16.6 Å². The van der Waals surface area contributed by atoms with E-state index in [2.05, 4.69) is 15.9 Å². The number of fused-ring (bicyclic) bond motifs is 1. The van der Waals surface area contributed by atoms with E-state index in [1.54, 1.807) is 14.0 Å². The summed E-state index contributed by atoms with van der Waals surface area (Å²) in [5.74, 6) is -0.462. The van der Waals surface area contributed by atoms with Gasteiger partial charge in [-0.2, -0.15) is 0 Å². The molecule has 0 spiro atoms. The first kappa shape index (κ1) is 15.0. The molecule has 1 aliphatic rings. The lowest BCUT2D eigenvalue weighted by Gasteiger charge is -2.30. The summed E-state index contributed by atoms with van der Waals surface area (Å²) in [6.45, 7) is 2.10. The molecular formula is C15H16BrN3O3. The number of piperidine rings is 1. The molecule has 3 rings (SSSR count). The van der Waals surface area contributed by atoms with Crippen LogP contribution in [0, 0.1) is 0 Å². The predicted octanol–water partition coefficient (Wildman–Crippen LogP) is 1.81. The maximum atomic E-state index is 12.6. The van der Waals surface area contributed by atoms with Crippen molar-refractivity contribution >= 4 is 38.8 Å². The van der Waals surface area contributed by atoms with Crippen molar-refractivity contribution in [3.8, 4) is 0 Å². The number of benzene rings is 1. The molecule has 1 unspecified atom stereocenters. The van der Waals surface area contributed by atoms with Crippen LogP contribution < -0.4 is 5.69 Å². The Morgan fingerprint density at radius 1 is 1.23 bits per heavy atom. The van der Waals surface area contributed by atoms with E-state index < -0.39 is 6.04 Å². The van der Waals surface area contributed by atoms with E-state index in [1.807, 2.05) is 18.2 Å². The first-order valence-electron chi connectivity index (χ1n) is 7.16. The van der Waals surface area contributed by atoms with Crippen molar-refractivity contribution in [2.75, 3.05) is 6.54 Å². The highest BCUT2D eigenvalue weighted by Gasteiger charge is 2.36. The number of carbonyl (C=O) groups excluding carboxylic acids is 2. The summed E-state index contributed by atoms with van der Waals surface area (Å²) in [5.41, 5.74) is 1.23.